The Morgan fingerprint density at radius 3 is 1.67 bits per heavy atom. The first kappa shape index (κ1) is 38.2. The zero-order valence-corrected chi connectivity index (χ0v) is 37.9. The van der Waals surface area contributed by atoms with Gasteiger partial charge in [-0.1, -0.05) is 185 Å². The number of rotatable bonds is 4. The van der Waals surface area contributed by atoms with Crippen LogP contribution < -0.4 is 0 Å². The highest BCUT2D eigenvalue weighted by atomic mass is 15.0. The van der Waals surface area contributed by atoms with Gasteiger partial charge in [0.15, 0.2) is 5.82 Å². The van der Waals surface area contributed by atoms with Crippen LogP contribution in [0.4, 0.5) is 0 Å². The average Bonchev–Trinajstić information content (AvgIpc) is 3.92. The molecule has 0 unspecified atom stereocenters. The van der Waals surface area contributed by atoms with Gasteiger partial charge in [-0.15, -0.1) is 0 Å². The maximum absolute atomic E-state index is 5.65. The van der Waals surface area contributed by atoms with Crippen molar-refractivity contribution < 1.29 is 0 Å². The van der Waals surface area contributed by atoms with Crippen molar-refractivity contribution in [1.82, 2.24) is 14.5 Å². The van der Waals surface area contributed by atoms with Crippen LogP contribution in [0.2, 0.25) is 0 Å². The van der Waals surface area contributed by atoms with E-state index in [0.29, 0.717) is 0 Å². The molecule has 2 aliphatic rings. The van der Waals surface area contributed by atoms with E-state index >= 15 is 0 Å². The fourth-order valence-electron chi connectivity index (χ4n) is 12.1. The second-order valence-electron chi connectivity index (χ2n) is 19.7. The number of hydrogen-bond donors (Lipinski definition) is 0. The number of nitrogens with zero attached hydrogens (tertiary/aromatic N) is 3. The van der Waals surface area contributed by atoms with Gasteiger partial charge in [0.1, 0.15) is 0 Å². The first-order valence-corrected chi connectivity index (χ1v) is 23.5. The number of hydrogen-bond acceptors (Lipinski definition) is 2. The molecule has 14 rings (SSSR count). The third kappa shape index (κ3) is 5.34. The first-order chi connectivity index (χ1) is 32.7. The molecule has 3 heteroatoms. The van der Waals surface area contributed by atoms with Crippen LogP contribution in [-0.4, -0.2) is 14.5 Å². The lowest BCUT2D eigenvalue weighted by Gasteiger charge is -2.22. The van der Waals surface area contributed by atoms with Crippen molar-refractivity contribution in [3.8, 4) is 61.7 Å². The minimum absolute atomic E-state index is 0.142. The summed E-state index contributed by atoms with van der Waals surface area (Å²) in [4.78, 5) is 11.1. The van der Waals surface area contributed by atoms with Crippen LogP contribution in [0.5, 0.6) is 0 Å². The zero-order valence-electron chi connectivity index (χ0n) is 37.9. The third-order valence-corrected chi connectivity index (χ3v) is 15.4. The molecule has 3 nitrogen and oxygen atoms in total. The number of benzene rings is 10. The van der Waals surface area contributed by atoms with Crippen molar-refractivity contribution in [2.75, 3.05) is 0 Å². The predicted molar refractivity (Wildman–Crippen MR) is 280 cm³/mol. The largest absolute Gasteiger partial charge is 0.309 e. The fraction of sp³-hybridized carbons (Fsp3) is 0.0938. The normalized spacial score (nSPS) is 14.2. The van der Waals surface area contributed by atoms with E-state index in [1.165, 1.54) is 99.0 Å². The molecule has 0 saturated carbocycles. The van der Waals surface area contributed by atoms with Gasteiger partial charge in [-0.05, 0) is 120 Å². The van der Waals surface area contributed by atoms with Crippen molar-refractivity contribution in [3.05, 3.63) is 222 Å². The van der Waals surface area contributed by atoms with Gasteiger partial charge in [0.25, 0.3) is 0 Å². The molecule has 0 bridgehead atoms. The summed E-state index contributed by atoms with van der Waals surface area (Å²) < 4.78 is 2.48. The van der Waals surface area contributed by atoms with Gasteiger partial charge in [-0.3, -0.25) is 0 Å². The molecule has 10 aromatic carbocycles. The molecule has 0 aliphatic heterocycles. The van der Waals surface area contributed by atoms with E-state index in [4.69, 9.17) is 9.97 Å². The van der Waals surface area contributed by atoms with E-state index in [-0.39, 0.29) is 10.8 Å². The van der Waals surface area contributed by atoms with Crippen LogP contribution in [0.1, 0.15) is 49.9 Å². The van der Waals surface area contributed by atoms with Gasteiger partial charge in [-0.25, -0.2) is 9.97 Å². The SMILES string of the molecule is CC1(C)c2ccccc2-c2ccc(-c3nc(-c4ccc5c(c4)C(C)(C)c4ccccc4-5)c4cc(-n5c6ccc7ccccc7c6c6c7ccccc7c(-c7ccccc7)cc65)ccc4n3)cc21. The Kier molecular flexibility index (Phi) is 7.80. The highest BCUT2D eigenvalue weighted by Crippen LogP contribution is 2.52. The maximum atomic E-state index is 5.65. The van der Waals surface area contributed by atoms with Crippen LogP contribution in [0.3, 0.4) is 0 Å². The second-order valence-corrected chi connectivity index (χ2v) is 19.7. The lowest BCUT2D eigenvalue weighted by Crippen LogP contribution is -2.15. The topological polar surface area (TPSA) is 30.7 Å². The minimum Gasteiger partial charge on any atom is -0.309 e. The lowest BCUT2D eigenvalue weighted by molar-refractivity contribution is 0.660. The predicted octanol–water partition coefficient (Wildman–Crippen LogP) is 16.6. The molecule has 0 radical (unpaired) electrons. The van der Waals surface area contributed by atoms with Crippen molar-refractivity contribution in [1.29, 1.82) is 0 Å². The smallest absolute Gasteiger partial charge is 0.160 e. The monoisotopic (exact) mass is 855 g/mol. The van der Waals surface area contributed by atoms with Crippen LogP contribution >= 0.6 is 0 Å². The molecular formula is C64H45N3. The highest BCUT2D eigenvalue weighted by Gasteiger charge is 2.37. The summed E-state index contributed by atoms with van der Waals surface area (Å²) in [5.41, 5.74) is 20.0. The van der Waals surface area contributed by atoms with E-state index in [9.17, 15) is 0 Å². The summed E-state index contributed by atoms with van der Waals surface area (Å²) in [6.45, 7) is 9.38. The van der Waals surface area contributed by atoms with Crippen LogP contribution in [0, 0.1) is 0 Å². The maximum Gasteiger partial charge on any atom is 0.160 e. The van der Waals surface area contributed by atoms with Gasteiger partial charge in [0.05, 0.1) is 22.2 Å². The summed E-state index contributed by atoms with van der Waals surface area (Å²) >= 11 is 0. The summed E-state index contributed by atoms with van der Waals surface area (Å²) in [7, 11) is 0. The van der Waals surface area contributed by atoms with Gasteiger partial charge in [-0.2, -0.15) is 0 Å². The van der Waals surface area contributed by atoms with Gasteiger partial charge < -0.3 is 4.57 Å². The van der Waals surface area contributed by atoms with Crippen LogP contribution in [0.25, 0.3) is 116 Å². The van der Waals surface area contributed by atoms with Crippen molar-refractivity contribution in [2.24, 2.45) is 0 Å². The molecule has 0 fully saturated rings. The van der Waals surface area contributed by atoms with E-state index in [1.54, 1.807) is 0 Å². The summed E-state index contributed by atoms with van der Waals surface area (Å²) in [5.74, 6) is 0.732. The molecule has 0 amide bonds. The van der Waals surface area contributed by atoms with E-state index in [1.807, 2.05) is 0 Å². The second kappa shape index (κ2) is 13.7. The van der Waals surface area contributed by atoms with Crippen LogP contribution in [0.15, 0.2) is 200 Å². The Hall–Kier alpha value is -8.14. The standard InChI is InChI=1S/C64H45N3/c1-63(2)52-24-14-12-21-45(52)47-30-26-40(34-54(47)63)61-51-36-42(29-32-56(51)65-62(66-61)41-27-31-48-46-22-13-15-25-53(46)64(3,4)55(48)35-41)67-57-33-28-39-18-8-9-19-43(39)59(57)60-49-23-11-10-20-44(49)50(37-58(60)67)38-16-6-5-7-17-38/h5-37H,1-4H3. The summed E-state index contributed by atoms with van der Waals surface area (Å²) in [5, 5.41) is 8.51. The van der Waals surface area contributed by atoms with Crippen molar-refractivity contribution in [3.63, 3.8) is 0 Å². The molecule has 0 atom stereocenters. The third-order valence-electron chi connectivity index (χ3n) is 15.4. The highest BCUT2D eigenvalue weighted by molar-refractivity contribution is 6.30. The van der Waals surface area contributed by atoms with Crippen LogP contribution in [-0.2, 0) is 10.8 Å². The first-order valence-electron chi connectivity index (χ1n) is 23.5. The Morgan fingerprint density at radius 1 is 0.358 bits per heavy atom. The number of aromatic nitrogens is 3. The molecule has 0 N–H and O–H groups in total. The summed E-state index contributed by atoms with van der Waals surface area (Å²) in [6.07, 6.45) is 0. The Balaban J connectivity index is 1.05. The van der Waals surface area contributed by atoms with E-state index in [0.717, 1.165) is 39.2 Å². The quantitative estimate of drug-likeness (QED) is 0.177. The molecule has 316 valence electrons. The van der Waals surface area contributed by atoms with Gasteiger partial charge in [0, 0.05) is 43.8 Å². The molecule has 0 saturated heterocycles. The Labute approximate surface area is 389 Å². The van der Waals surface area contributed by atoms with Gasteiger partial charge >= 0.3 is 0 Å². The molecule has 12 aromatic rings. The average molecular weight is 856 g/mol. The van der Waals surface area contributed by atoms with Crippen molar-refractivity contribution in [2.45, 2.75) is 38.5 Å². The molecule has 2 heterocycles. The zero-order chi connectivity index (χ0) is 44.8. The Bertz CT molecular complexity index is 4090. The molecule has 2 aromatic heterocycles. The van der Waals surface area contributed by atoms with E-state index in [2.05, 4.69) is 232 Å². The minimum atomic E-state index is -0.162. The fourth-order valence-corrected chi connectivity index (χ4v) is 12.1. The molecular weight excluding hydrogens is 811 g/mol. The molecule has 0 spiro atoms. The summed E-state index contributed by atoms with van der Waals surface area (Å²) in [6, 6.07) is 73.9. The van der Waals surface area contributed by atoms with Crippen molar-refractivity contribution >= 4 is 54.3 Å². The molecule has 67 heavy (non-hydrogen) atoms. The Morgan fingerprint density at radius 2 is 0.940 bits per heavy atom. The van der Waals surface area contributed by atoms with E-state index < -0.39 is 0 Å². The lowest BCUT2D eigenvalue weighted by atomic mass is 9.81. The van der Waals surface area contributed by atoms with Gasteiger partial charge in [0.2, 0.25) is 0 Å². The number of fused-ring (bicyclic) bond motifs is 14. The molecule has 2 aliphatic carbocycles.